The maximum atomic E-state index is 7.03. The van der Waals surface area contributed by atoms with Gasteiger partial charge in [-0.25, -0.2) is 4.99 Å². The second-order valence-electron chi connectivity index (χ2n) is 15.0. The highest BCUT2D eigenvalue weighted by molar-refractivity contribution is 6.25. The monoisotopic (exact) mass is 696 g/mol. The second-order valence-corrected chi connectivity index (χ2v) is 15.0. The molecule has 8 aromatic rings. The molecule has 3 aliphatic rings. The van der Waals surface area contributed by atoms with E-state index in [0.717, 1.165) is 55.3 Å². The van der Waals surface area contributed by atoms with E-state index < -0.39 is 0 Å². The van der Waals surface area contributed by atoms with Gasteiger partial charge in [-0.05, 0) is 86.6 Å². The first kappa shape index (κ1) is 30.9. The number of nitrogens with zero attached hydrogens (tertiary/aromatic N) is 2. The lowest BCUT2D eigenvalue weighted by Crippen LogP contribution is -2.19. The van der Waals surface area contributed by atoms with Crippen LogP contribution in [-0.4, -0.2) is 18.0 Å². The predicted molar refractivity (Wildman–Crippen MR) is 222 cm³/mol. The van der Waals surface area contributed by atoms with Crippen LogP contribution in [0.15, 0.2) is 179 Å². The molecule has 0 fully saturated rings. The quantitative estimate of drug-likeness (QED) is 0.180. The van der Waals surface area contributed by atoms with Crippen LogP contribution in [0.5, 0.6) is 0 Å². The topological polar surface area (TPSA) is 38.0 Å². The molecule has 1 aromatic heterocycles. The first-order chi connectivity index (χ1) is 26.5. The van der Waals surface area contributed by atoms with Crippen molar-refractivity contribution in [1.82, 2.24) is 0 Å². The van der Waals surface area contributed by atoms with Crippen molar-refractivity contribution in [2.75, 3.05) is 4.90 Å². The Morgan fingerprint density at radius 1 is 0.574 bits per heavy atom. The SMILES string of the molecule is CC1(C)c2ccccc2-c2ccc(N(c3ccc(-c4ccccc4)cc3)c3cccc4c3oc3cc(C5=NC6C=CC=CC6O5)c5ccccc5c34)cc21. The van der Waals surface area contributed by atoms with Gasteiger partial charge in [0, 0.05) is 33.1 Å². The molecular formula is C50H36N2O2. The van der Waals surface area contributed by atoms with Crippen LogP contribution in [0.4, 0.5) is 17.1 Å². The van der Waals surface area contributed by atoms with Crippen LogP contribution in [0.3, 0.4) is 0 Å². The molecule has 4 heteroatoms. The number of benzene rings is 7. The summed E-state index contributed by atoms with van der Waals surface area (Å²) in [6.07, 6.45) is 8.17. The molecule has 2 unspecified atom stereocenters. The van der Waals surface area contributed by atoms with Crippen LogP contribution >= 0.6 is 0 Å². The normalized spacial score (nSPS) is 17.7. The summed E-state index contributed by atoms with van der Waals surface area (Å²) in [7, 11) is 0. The number of rotatable bonds is 5. The van der Waals surface area contributed by atoms with Crippen molar-refractivity contribution >= 4 is 55.7 Å². The molecule has 7 aromatic carbocycles. The van der Waals surface area contributed by atoms with Crippen LogP contribution in [0.2, 0.25) is 0 Å². The van der Waals surface area contributed by atoms with Crippen LogP contribution in [-0.2, 0) is 10.2 Å². The number of furan rings is 1. The molecule has 2 heterocycles. The minimum Gasteiger partial charge on any atom is -0.467 e. The summed E-state index contributed by atoms with van der Waals surface area (Å²) >= 11 is 0. The van der Waals surface area contributed by atoms with E-state index in [1.807, 2.05) is 12.2 Å². The van der Waals surface area contributed by atoms with E-state index in [4.69, 9.17) is 14.1 Å². The molecule has 0 N–H and O–H groups in total. The van der Waals surface area contributed by atoms with Crippen LogP contribution < -0.4 is 4.90 Å². The minimum absolute atomic E-state index is 0.0198. The zero-order valence-electron chi connectivity index (χ0n) is 30.0. The molecule has 0 amide bonds. The van der Waals surface area contributed by atoms with Gasteiger partial charge in [0.15, 0.2) is 5.58 Å². The smallest absolute Gasteiger partial charge is 0.218 e. The van der Waals surface area contributed by atoms with Crippen molar-refractivity contribution in [1.29, 1.82) is 0 Å². The summed E-state index contributed by atoms with van der Waals surface area (Å²) in [6.45, 7) is 4.67. The summed E-state index contributed by atoms with van der Waals surface area (Å²) in [6, 6.07) is 52.3. The van der Waals surface area contributed by atoms with E-state index in [1.165, 1.54) is 33.4 Å². The third kappa shape index (κ3) is 4.59. The molecular weight excluding hydrogens is 661 g/mol. The molecule has 0 radical (unpaired) electrons. The Morgan fingerprint density at radius 2 is 1.28 bits per heavy atom. The Labute approximate surface area is 314 Å². The Balaban J connectivity index is 1.12. The molecule has 0 saturated heterocycles. The fourth-order valence-electron chi connectivity index (χ4n) is 8.92. The number of para-hydroxylation sites is 1. The van der Waals surface area contributed by atoms with Gasteiger partial charge in [-0.1, -0.05) is 141 Å². The van der Waals surface area contributed by atoms with Crippen molar-refractivity contribution in [3.63, 3.8) is 0 Å². The van der Waals surface area contributed by atoms with E-state index in [9.17, 15) is 0 Å². The van der Waals surface area contributed by atoms with Crippen molar-refractivity contribution in [3.05, 3.63) is 187 Å². The molecule has 0 saturated carbocycles. The molecule has 0 spiro atoms. The van der Waals surface area contributed by atoms with Crippen molar-refractivity contribution in [2.24, 2.45) is 4.99 Å². The number of hydrogen-bond acceptors (Lipinski definition) is 4. The molecule has 11 rings (SSSR count). The van der Waals surface area contributed by atoms with Gasteiger partial charge in [0.2, 0.25) is 5.90 Å². The molecule has 1 aliphatic heterocycles. The van der Waals surface area contributed by atoms with Crippen molar-refractivity contribution in [3.8, 4) is 22.3 Å². The van der Waals surface area contributed by atoms with E-state index in [1.54, 1.807) is 0 Å². The van der Waals surface area contributed by atoms with E-state index >= 15 is 0 Å². The highest BCUT2D eigenvalue weighted by Gasteiger charge is 2.36. The molecule has 2 aliphatic carbocycles. The molecule has 54 heavy (non-hydrogen) atoms. The van der Waals surface area contributed by atoms with Crippen molar-refractivity contribution < 1.29 is 9.15 Å². The molecule has 4 nitrogen and oxygen atoms in total. The van der Waals surface area contributed by atoms with Crippen LogP contribution in [0, 0.1) is 0 Å². The van der Waals surface area contributed by atoms with Gasteiger partial charge in [0.05, 0.1) is 5.69 Å². The van der Waals surface area contributed by atoms with E-state index in [-0.39, 0.29) is 17.6 Å². The number of anilines is 3. The third-order valence-electron chi connectivity index (χ3n) is 11.6. The third-order valence-corrected chi connectivity index (χ3v) is 11.6. The first-order valence-corrected chi connectivity index (χ1v) is 18.7. The van der Waals surface area contributed by atoms with Gasteiger partial charge < -0.3 is 14.1 Å². The van der Waals surface area contributed by atoms with Crippen LogP contribution in [0.25, 0.3) is 55.0 Å². The van der Waals surface area contributed by atoms with Gasteiger partial charge in [0.25, 0.3) is 0 Å². The van der Waals surface area contributed by atoms with Gasteiger partial charge >= 0.3 is 0 Å². The lowest BCUT2D eigenvalue weighted by molar-refractivity contribution is 0.255. The average molecular weight is 697 g/mol. The van der Waals surface area contributed by atoms with Gasteiger partial charge in [-0.3, -0.25) is 0 Å². The lowest BCUT2D eigenvalue weighted by Gasteiger charge is -2.28. The van der Waals surface area contributed by atoms with Gasteiger partial charge in [-0.2, -0.15) is 0 Å². The lowest BCUT2D eigenvalue weighted by atomic mass is 9.82. The Kier molecular flexibility index (Phi) is 6.69. The second kappa shape index (κ2) is 11.7. The number of allylic oxidation sites excluding steroid dienone is 2. The molecule has 2 atom stereocenters. The summed E-state index contributed by atoms with van der Waals surface area (Å²) in [4.78, 5) is 7.36. The highest BCUT2D eigenvalue weighted by atomic mass is 16.5. The Hall–Kier alpha value is -6.65. The van der Waals surface area contributed by atoms with Gasteiger partial charge in [-0.15, -0.1) is 0 Å². The molecule has 258 valence electrons. The number of ether oxygens (including phenoxy) is 1. The van der Waals surface area contributed by atoms with Crippen LogP contribution in [0.1, 0.15) is 30.5 Å². The number of fused-ring (bicyclic) bond motifs is 9. The van der Waals surface area contributed by atoms with E-state index in [0.29, 0.717) is 5.90 Å². The van der Waals surface area contributed by atoms with Gasteiger partial charge in [0.1, 0.15) is 17.7 Å². The first-order valence-electron chi connectivity index (χ1n) is 18.7. The number of hydrogen-bond donors (Lipinski definition) is 0. The number of aliphatic imine (C=N–C) groups is 1. The largest absolute Gasteiger partial charge is 0.467 e. The standard InChI is InChI=1S/C50H36N2O2/c1-50(2)41-19-9-8-16-36(41)37-28-27-34(29-42(37)50)52(33-25-23-32(24-26-33)31-13-4-3-5-14-31)44-21-12-18-39-47-38-17-7-6-15-35(38)40(30-46(47)53-48(39)44)49-51-43-20-10-11-22-45(43)54-49/h3-30,43,45H,1-2H3. The van der Waals surface area contributed by atoms with Crippen molar-refractivity contribution in [2.45, 2.75) is 31.4 Å². The summed E-state index contributed by atoms with van der Waals surface area (Å²) < 4.78 is 13.5. The summed E-state index contributed by atoms with van der Waals surface area (Å²) in [5, 5.41) is 4.37. The molecule has 0 bridgehead atoms. The highest BCUT2D eigenvalue weighted by Crippen LogP contribution is 2.51. The zero-order valence-corrected chi connectivity index (χ0v) is 30.0. The maximum absolute atomic E-state index is 7.03. The minimum atomic E-state index is -0.139. The summed E-state index contributed by atoms with van der Waals surface area (Å²) in [5.74, 6) is 0.655. The summed E-state index contributed by atoms with van der Waals surface area (Å²) in [5.41, 5.74) is 13.2. The van der Waals surface area contributed by atoms with E-state index in [2.05, 4.69) is 176 Å². The zero-order chi connectivity index (χ0) is 36.0. The predicted octanol–water partition coefficient (Wildman–Crippen LogP) is 12.8. The fourth-order valence-corrected chi connectivity index (χ4v) is 8.92. The average Bonchev–Trinajstić information content (AvgIpc) is 3.89. The fraction of sp³-hybridized carbons (Fsp3) is 0.100. The maximum Gasteiger partial charge on any atom is 0.218 e. The Morgan fingerprint density at radius 3 is 2.13 bits per heavy atom. The Bertz CT molecular complexity index is 2890.